The summed E-state index contributed by atoms with van der Waals surface area (Å²) < 4.78 is 5.37. The van der Waals surface area contributed by atoms with Crippen LogP contribution in [0.25, 0.3) is 0 Å². The topological polar surface area (TPSA) is 41.6 Å². The fourth-order valence-corrected chi connectivity index (χ4v) is 2.70. The van der Waals surface area contributed by atoms with Gasteiger partial charge in [-0.15, -0.1) is 0 Å². The number of hydrogen-bond acceptors (Lipinski definition) is 3. The highest BCUT2D eigenvalue weighted by Crippen LogP contribution is 2.16. The van der Waals surface area contributed by atoms with Crippen molar-refractivity contribution in [3.05, 3.63) is 0 Å². The van der Waals surface area contributed by atoms with Gasteiger partial charge in [0, 0.05) is 25.6 Å². The molecule has 2 heterocycles. The highest BCUT2D eigenvalue weighted by Gasteiger charge is 2.27. The third-order valence-corrected chi connectivity index (χ3v) is 3.80. The van der Waals surface area contributed by atoms with E-state index in [1.165, 1.54) is 12.8 Å². The van der Waals surface area contributed by atoms with Gasteiger partial charge in [0.1, 0.15) is 0 Å². The SMILES string of the molecule is CCN(CC1CCOC1)C(=O)[C@@H]1CCCCN1. The van der Waals surface area contributed by atoms with Gasteiger partial charge in [-0.2, -0.15) is 0 Å². The van der Waals surface area contributed by atoms with E-state index in [0.717, 1.165) is 45.7 Å². The highest BCUT2D eigenvalue weighted by molar-refractivity contribution is 5.82. The summed E-state index contributed by atoms with van der Waals surface area (Å²) in [6.45, 7) is 6.41. The summed E-state index contributed by atoms with van der Waals surface area (Å²) in [5, 5.41) is 3.34. The molecule has 0 aromatic carbocycles. The fraction of sp³-hybridized carbons (Fsp3) is 0.923. The van der Waals surface area contributed by atoms with Crippen LogP contribution in [0, 0.1) is 5.92 Å². The Kier molecular flexibility index (Phi) is 4.80. The van der Waals surface area contributed by atoms with Crippen LogP contribution in [-0.4, -0.2) is 49.7 Å². The number of rotatable bonds is 4. The summed E-state index contributed by atoms with van der Waals surface area (Å²) in [5.74, 6) is 0.835. The van der Waals surface area contributed by atoms with Gasteiger partial charge in [0.05, 0.1) is 12.6 Å². The van der Waals surface area contributed by atoms with Gasteiger partial charge in [-0.25, -0.2) is 0 Å². The predicted molar refractivity (Wildman–Crippen MR) is 66.8 cm³/mol. The smallest absolute Gasteiger partial charge is 0.239 e. The third-order valence-electron chi connectivity index (χ3n) is 3.80. The van der Waals surface area contributed by atoms with Crippen molar-refractivity contribution < 1.29 is 9.53 Å². The molecule has 2 atom stereocenters. The summed E-state index contributed by atoms with van der Waals surface area (Å²) in [6, 6.07) is 0.0611. The monoisotopic (exact) mass is 240 g/mol. The highest BCUT2D eigenvalue weighted by atomic mass is 16.5. The Labute approximate surface area is 104 Å². The van der Waals surface area contributed by atoms with Crippen molar-refractivity contribution in [2.24, 2.45) is 5.92 Å². The minimum absolute atomic E-state index is 0.0611. The number of ether oxygens (including phenoxy) is 1. The first kappa shape index (κ1) is 12.8. The zero-order valence-corrected chi connectivity index (χ0v) is 10.8. The normalized spacial score (nSPS) is 29.2. The molecule has 17 heavy (non-hydrogen) atoms. The lowest BCUT2D eigenvalue weighted by Gasteiger charge is -2.30. The molecule has 0 saturated carbocycles. The summed E-state index contributed by atoms with van der Waals surface area (Å²) in [4.78, 5) is 14.3. The van der Waals surface area contributed by atoms with Gasteiger partial charge in [0.2, 0.25) is 5.91 Å². The molecule has 2 saturated heterocycles. The van der Waals surface area contributed by atoms with Crippen molar-refractivity contribution in [1.82, 2.24) is 10.2 Å². The summed E-state index contributed by atoms with van der Waals surface area (Å²) in [6.07, 6.45) is 4.47. The minimum atomic E-state index is 0.0611. The first-order valence-electron chi connectivity index (χ1n) is 6.91. The molecule has 1 amide bonds. The first-order chi connectivity index (χ1) is 8.31. The van der Waals surface area contributed by atoms with E-state index in [0.29, 0.717) is 11.8 Å². The molecule has 0 spiro atoms. The average Bonchev–Trinajstić information content (AvgIpc) is 2.89. The molecule has 2 aliphatic rings. The lowest BCUT2D eigenvalue weighted by Crippen LogP contribution is -2.49. The molecule has 2 aliphatic heterocycles. The molecular formula is C13H24N2O2. The number of piperidine rings is 1. The zero-order valence-electron chi connectivity index (χ0n) is 10.8. The van der Waals surface area contributed by atoms with Gasteiger partial charge in [-0.1, -0.05) is 6.42 Å². The van der Waals surface area contributed by atoms with Crippen LogP contribution >= 0.6 is 0 Å². The molecule has 0 radical (unpaired) electrons. The number of carbonyl (C=O) groups is 1. The van der Waals surface area contributed by atoms with Crippen LogP contribution in [0.1, 0.15) is 32.6 Å². The quantitative estimate of drug-likeness (QED) is 0.797. The van der Waals surface area contributed by atoms with E-state index in [9.17, 15) is 4.79 Å². The summed E-state index contributed by atoms with van der Waals surface area (Å²) >= 11 is 0. The van der Waals surface area contributed by atoms with Gasteiger partial charge < -0.3 is 15.0 Å². The van der Waals surface area contributed by atoms with Crippen molar-refractivity contribution in [3.8, 4) is 0 Å². The van der Waals surface area contributed by atoms with E-state index < -0.39 is 0 Å². The van der Waals surface area contributed by atoms with Gasteiger partial charge in [-0.3, -0.25) is 4.79 Å². The van der Waals surface area contributed by atoms with Crippen molar-refractivity contribution in [2.45, 2.75) is 38.6 Å². The molecule has 0 aromatic heterocycles. The predicted octanol–water partition coefficient (Wildman–Crippen LogP) is 1.01. The van der Waals surface area contributed by atoms with Crippen molar-refractivity contribution in [3.63, 3.8) is 0 Å². The first-order valence-corrected chi connectivity index (χ1v) is 6.91. The van der Waals surface area contributed by atoms with E-state index in [4.69, 9.17) is 4.74 Å². The van der Waals surface area contributed by atoms with Crippen molar-refractivity contribution >= 4 is 5.91 Å². The van der Waals surface area contributed by atoms with Crippen LogP contribution in [0.5, 0.6) is 0 Å². The minimum Gasteiger partial charge on any atom is -0.381 e. The summed E-state index contributed by atoms with van der Waals surface area (Å²) in [7, 11) is 0. The lowest BCUT2D eigenvalue weighted by molar-refractivity contribution is -0.134. The van der Waals surface area contributed by atoms with Crippen LogP contribution in [-0.2, 0) is 9.53 Å². The van der Waals surface area contributed by atoms with E-state index in [2.05, 4.69) is 12.2 Å². The van der Waals surface area contributed by atoms with E-state index in [1.54, 1.807) is 0 Å². The summed E-state index contributed by atoms with van der Waals surface area (Å²) in [5.41, 5.74) is 0. The Hall–Kier alpha value is -0.610. The van der Waals surface area contributed by atoms with Crippen LogP contribution < -0.4 is 5.32 Å². The molecule has 1 N–H and O–H groups in total. The van der Waals surface area contributed by atoms with Crippen LogP contribution in [0.4, 0.5) is 0 Å². The van der Waals surface area contributed by atoms with Crippen molar-refractivity contribution in [2.75, 3.05) is 32.8 Å². The molecule has 0 bridgehead atoms. The second-order valence-electron chi connectivity index (χ2n) is 5.11. The standard InChI is InChI=1S/C13H24N2O2/c1-2-15(9-11-6-8-17-10-11)13(16)12-5-3-4-7-14-12/h11-12,14H,2-10H2,1H3/t11?,12-/m0/s1. The molecule has 4 heteroatoms. The number of amides is 1. The Balaban J connectivity index is 1.84. The molecule has 1 unspecified atom stereocenters. The molecular weight excluding hydrogens is 216 g/mol. The number of hydrogen-bond donors (Lipinski definition) is 1. The van der Waals surface area contributed by atoms with E-state index >= 15 is 0 Å². The number of nitrogens with one attached hydrogen (secondary N) is 1. The maximum Gasteiger partial charge on any atom is 0.239 e. The fourth-order valence-electron chi connectivity index (χ4n) is 2.70. The molecule has 0 aromatic rings. The molecule has 2 rings (SSSR count). The van der Waals surface area contributed by atoms with Crippen LogP contribution in [0.15, 0.2) is 0 Å². The van der Waals surface area contributed by atoms with Gasteiger partial charge in [0.15, 0.2) is 0 Å². The second kappa shape index (κ2) is 6.36. The van der Waals surface area contributed by atoms with Crippen molar-refractivity contribution in [1.29, 1.82) is 0 Å². The largest absolute Gasteiger partial charge is 0.381 e. The van der Waals surface area contributed by atoms with E-state index in [1.807, 2.05) is 4.90 Å². The van der Waals surface area contributed by atoms with Gasteiger partial charge in [0.25, 0.3) is 0 Å². The van der Waals surface area contributed by atoms with Gasteiger partial charge in [-0.05, 0) is 32.7 Å². The maximum atomic E-state index is 12.3. The number of likely N-dealkylation sites (N-methyl/N-ethyl adjacent to an activating group) is 1. The zero-order chi connectivity index (χ0) is 12.1. The average molecular weight is 240 g/mol. The van der Waals surface area contributed by atoms with E-state index in [-0.39, 0.29) is 6.04 Å². The Morgan fingerprint density at radius 1 is 1.41 bits per heavy atom. The molecule has 2 fully saturated rings. The Morgan fingerprint density at radius 3 is 2.88 bits per heavy atom. The maximum absolute atomic E-state index is 12.3. The molecule has 98 valence electrons. The number of nitrogens with zero attached hydrogens (tertiary/aromatic N) is 1. The molecule has 4 nitrogen and oxygen atoms in total. The lowest BCUT2D eigenvalue weighted by atomic mass is 10.0. The third kappa shape index (κ3) is 3.42. The Bertz CT molecular complexity index is 246. The number of carbonyl (C=O) groups excluding carboxylic acids is 1. The second-order valence-corrected chi connectivity index (χ2v) is 5.11. The van der Waals surface area contributed by atoms with Crippen LogP contribution in [0.2, 0.25) is 0 Å². The van der Waals surface area contributed by atoms with Crippen LogP contribution in [0.3, 0.4) is 0 Å². The van der Waals surface area contributed by atoms with Gasteiger partial charge >= 0.3 is 0 Å². The Morgan fingerprint density at radius 2 is 2.29 bits per heavy atom. The molecule has 0 aliphatic carbocycles.